The minimum Gasteiger partial charge on any atom is -0.382 e. The first-order chi connectivity index (χ1) is 12.2. The summed E-state index contributed by atoms with van der Waals surface area (Å²) >= 11 is 0. The zero-order chi connectivity index (χ0) is 17.6. The predicted molar refractivity (Wildman–Crippen MR) is 91.1 cm³/mol. The van der Waals surface area contributed by atoms with E-state index in [4.69, 9.17) is 10.00 Å². The van der Waals surface area contributed by atoms with Crippen molar-refractivity contribution in [2.45, 2.75) is 6.04 Å². The van der Waals surface area contributed by atoms with Crippen molar-refractivity contribution >= 4 is 5.69 Å². The normalized spacial score (nSPS) is 16.2. The standard InChI is InChI=1S/C19H19F2N3O/c20-15-6-4-14(5-7-15)19(24-8-10-25-11-9-24)13-23-18-3-1-2-17(21)16(18)12-22/h1-7,19,23H,8-11,13H2/t19-/m1/s1. The van der Waals surface area contributed by atoms with Crippen molar-refractivity contribution in [2.24, 2.45) is 0 Å². The Hall–Kier alpha value is -2.49. The smallest absolute Gasteiger partial charge is 0.143 e. The molecule has 1 aliphatic rings. The predicted octanol–water partition coefficient (Wildman–Crippen LogP) is 3.32. The van der Waals surface area contributed by atoms with Crippen molar-refractivity contribution in [3.05, 3.63) is 65.2 Å². The van der Waals surface area contributed by atoms with Crippen LogP contribution in [0.5, 0.6) is 0 Å². The van der Waals surface area contributed by atoms with Gasteiger partial charge in [0, 0.05) is 19.6 Å². The SMILES string of the molecule is N#Cc1c(F)cccc1NC[C@H](c1ccc(F)cc1)N1CCOCC1. The maximum absolute atomic E-state index is 13.8. The number of hydrogen-bond donors (Lipinski definition) is 1. The maximum Gasteiger partial charge on any atom is 0.143 e. The summed E-state index contributed by atoms with van der Waals surface area (Å²) in [6.45, 7) is 3.28. The highest BCUT2D eigenvalue weighted by Gasteiger charge is 2.23. The quantitative estimate of drug-likeness (QED) is 0.905. The molecule has 0 aliphatic carbocycles. The molecule has 0 spiro atoms. The van der Waals surface area contributed by atoms with Gasteiger partial charge in [-0.15, -0.1) is 0 Å². The average Bonchev–Trinajstić information content (AvgIpc) is 2.64. The molecule has 0 saturated carbocycles. The number of anilines is 1. The number of ether oxygens (including phenoxy) is 1. The third kappa shape index (κ3) is 4.13. The van der Waals surface area contributed by atoms with E-state index in [1.165, 1.54) is 18.2 Å². The topological polar surface area (TPSA) is 48.3 Å². The summed E-state index contributed by atoms with van der Waals surface area (Å²) < 4.78 is 32.4. The molecule has 1 atom stereocenters. The van der Waals surface area contributed by atoms with Gasteiger partial charge in [-0.25, -0.2) is 8.78 Å². The lowest BCUT2D eigenvalue weighted by atomic mass is 10.0. The number of hydrogen-bond acceptors (Lipinski definition) is 4. The number of halogens is 2. The lowest BCUT2D eigenvalue weighted by Crippen LogP contribution is -2.41. The van der Waals surface area contributed by atoms with Crippen LogP contribution in [0.2, 0.25) is 0 Å². The molecular formula is C19H19F2N3O. The monoisotopic (exact) mass is 343 g/mol. The molecule has 0 aromatic heterocycles. The first-order valence-electron chi connectivity index (χ1n) is 8.19. The summed E-state index contributed by atoms with van der Waals surface area (Å²) in [5, 5.41) is 12.3. The third-order valence-corrected chi connectivity index (χ3v) is 4.35. The van der Waals surface area contributed by atoms with Crippen LogP contribution in [-0.4, -0.2) is 37.7 Å². The minimum absolute atomic E-state index is 0.00216. The molecule has 2 aromatic rings. The summed E-state index contributed by atoms with van der Waals surface area (Å²) in [5.74, 6) is -0.827. The average molecular weight is 343 g/mol. The summed E-state index contributed by atoms with van der Waals surface area (Å²) in [4.78, 5) is 2.25. The van der Waals surface area contributed by atoms with E-state index in [-0.39, 0.29) is 17.4 Å². The molecule has 0 amide bonds. The zero-order valence-corrected chi connectivity index (χ0v) is 13.7. The van der Waals surface area contributed by atoms with Crippen molar-refractivity contribution in [1.82, 2.24) is 4.90 Å². The van der Waals surface area contributed by atoms with Gasteiger partial charge in [-0.3, -0.25) is 4.90 Å². The molecule has 0 unspecified atom stereocenters. The Balaban J connectivity index is 1.81. The molecule has 1 N–H and O–H groups in total. The number of nitrogens with zero attached hydrogens (tertiary/aromatic N) is 2. The minimum atomic E-state index is -0.544. The highest BCUT2D eigenvalue weighted by atomic mass is 19.1. The highest BCUT2D eigenvalue weighted by Crippen LogP contribution is 2.25. The Morgan fingerprint density at radius 2 is 1.84 bits per heavy atom. The number of nitrogens with one attached hydrogen (secondary N) is 1. The van der Waals surface area contributed by atoms with Gasteiger partial charge >= 0.3 is 0 Å². The summed E-state index contributed by atoms with van der Waals surface area (Å²) in [5.41, 5.74) is 1.43. The summed E-state index contributed by atoms with van der Waals surface area (Å²) in [6, 6.07) is 12.8. The molecule has 0 radical (unpaired) electrons. The largest absolute Gasteiger partial charge is 0.382 e. The van der Waals surface area contributed by atoms with Crippen LogP contribution in [-0.2, 0) is 4.74 Å². The van der Waals surface area contributed by atoms with Crippen LogP contribution < -0.4 is 5.32 Å². The van der Waals surface area contributed by atoms with Gasteiger partial charge in [0.25, 0.3) is 0 Å². The van der Waals surface area contributed by atoms with Crippen molar-refractivity contribution < 1.29 is 13.5 Å². The summed E-state index contributed by atoms with van der Waals surface area (Å²) in [7, 11) is 0. The van der Waals surface area contributed by atoms with Gasteiger partial charge in [0.1, 0.15) is 23.3 Å². The van der Waals surface area contributed by atoms with Crippen LogP contribution in [0.4, 0.5) is 14.5 Å². The molecule has 0 bridgehead atoms. The fourth-order valence-corrected chi connectivity index (χ4v) is 3.02. The molecule has 25 heavy (non-hydrogen) atoms. The first-order valence-corrected chi connectivity index (χ1v) is 8.19. The van der Waals surface area contributed by atoms with E-state index < -0.39 is 5.82 Å². The van der Waals surface area contributed by atoms with E-state index in [0.29, 0.717) is 25.4 Å². The van der Waals surface area contributed by atoms with Crippen LogP contribution in [0.3, 0.4) is 0 Å². The Bertz CT molecular complexity index is 752. The number of benzene rings is 2. The van der Waals surface area contributed by atoms with Crippen molar-refractivity contribution in [1.29, 1.82) is 5.26 Å². The fourth-order valence-electron chi connectivity index (χ4n) is 3.02. The Morgan fingerprint density at radius 3 is 2.52 bits per heavy atom. The maximum atomic E-state index is 13.8. The second-order valence-electron chi connectivity index (χ2n) is 5.87. The van der Waals surface area contributed by atoms with Crippen LogP contribution in [0.1, 0.15) is 17.2 Å². The van der Waals surface area contributed by atoms with Gasteiger partial charge in [-0.1, -0.05) is 18.2 Å². The van der Waals surface area contributed by atoms with Crippen LogP contribution >= 0.6 is 0 Å². The highest BCUT2D eigenvalue weighted by molar-refractivity contribution is 5.58. The van der Waals surface area contributed by atoms with E-state index in [0.717, 1.165) is 18.7 Å². The van der Waals surface area contributed by atoms with Gasteiger partial charge < -0.3 is 10.1 Å². The van der Waals surface area contributed by atoms with E-state index in [1.807, 2.05) is 6.07 Å². The molecule has 2 aromatic carbocycles. The Morgan fingerprint density at radius 1 is 1.12 bits per heavy atom. The molecule has 1 saturated heterocycles. The number of nitriles is 1. The molecule has 1 aliphatic heterocycles. The van der Waals surface area contributed by atoms with E-state index in [1.54, 1.807) is 24.3 Å². The molecule has 3 rings (SSSR count). The molecule has 1 heterocycles. The number of morpholine rings is 1. The zero-order valence-electron chi connectivity index (χ0n) is 13.7. The van der Waals surface area contributed by atoms with Crippen LogP contribution in [0.25, 0.3) is 0 Å². The third-order valence-electron chi connectivity index (χ3n) is 4.35. The van der Waals surface area contributed by atoms with E-state index >= 15 is 0 Å². The van der Waals surface area contributed by atoms with Crippen molar-refractivity contribution in [3.63, 3.8) is 0 Å². The lowest BCUT2D eigenvalue weighted by molar-refractivity contribution is 0.0187. The van der Waals surface area contributed by atoms with Gasteiger partial charge in [-0.2, -0.15) is 5.26 Å². The van der Waals surface area contributed by atoms with E-state index in [2.05, 4.69) is 10.2 Å². The van der Waals surface area contributed by atoms with Crippen LogP contribution in [0.15, 0.2) is 42.5 Å². The second-order valence-corrected chi connectivity index (χ2v) is 5.87. The Kier molecular flexibility index (Phi) is 5.59. The van der Waals surface area contributed by atoms with Gasteiger partial charge in [-0.05, 0) is 29.8 Å². The lowest BCUT2D eigenvalue weighted by Gasteiger charge is -2.35. The van der Waals surface area contributed by atoms with Crippen LogP contribution in [0, 0.1) is 23.0 Å². The van der Waals surface area contributed by atoms with Crippen molar-refractivity contribution in [2.75, 3.05) is 38.2 Å². The number of rotatable bonds is 5. The molecule has 1 fully saturated rings. The fraction of sp³-hybridized carbons (Fsp3) is 0.316. The first kappa shape index (κ1) is 17.3. The molecular weight excluding hydrogens is 324 g/mol. The van der Waals surface area contributed by atoms with E-state index in [9.17, 15) is 8.78 Å². The molecule has 4 nitrogen and oxygen atoms in total. The van der Waals surface area contributed by atoms with Gasteiger partial charge in [0.2, 0.25) is 0 Å². The second kappa shape index (κ2) is 8.06. The van der Waals surface area contributed by atoms with Gasteiger partial charge in [0.05, 0.1) is 24.9 Å². The summed E-state index contributed by atoms with van der Waals surface area (Å²) in [6.07, 6.45) is 0. The molecule has 130 valence electrons. The molecule has 6 heteroatoms. The Labute approximate surface area is 145 Å². The van der Waals surface area contributed by atoms with Crippen molar-refractivity contribution in [3.8, 4) is 6.07 Å². The van der Waals surface area contributed by atoms with Gasteiger partial charge in [0.15, 0.2) is 0 Å².